The van der Waals surface area contributed by atoms with Gasteiger partial charge in [-0.3, -0.25) is 14.9 Å². The maximum Gasteiger partial charge on any atom is 0.269 e. The number of nitro benzene ring substituents is 1. The second-order valence-electron chi connectivity index (χ2n) is 5.71. The van der Waals surface area contributed by atoms with Crippen LogP contribution in [0.5, 0.6) is 0 Å². The van der Waals surface area contributed by atoms with Crippen LogP contribution in [0.15, 0.2) is 53.1 Å². The van der Waals surface area contributed by atoms with Crippen molar-refractivity contribution in [2.45, 2.75) is 12.3 Å². The first-order valence-electron chi connectivity index (χ1n) is 8.17. The Morgan fingerprint density at radius 1 is 1.18 bits per heavy atom. The van der Waals surface area contributed by atoms with Crippen molar-refractivity contribution in [3.8, 4) is 11.4 Å². The molecule has 1 heterocycles. The average Bonchev–Trinajstić information content (AvgIpc) is 3.16. The van der Waals surface area contributed by atoms with Crippen molar-refractivity contribution in [1.29, 1.82) is 0 Å². The van der Waals surface area contributed by atoms with Crippen molar-refractivity contribution in [3.05, 3.63) is 75.1 Å². The summed E-state index contributed by atoms with van der Waals surface area (Å²) in [5, 5.41) is 17.8. The van der Waals surface area contributed by atoms with Gasteiger partial charge in [-0.1, -0.05) is 28.9 Å². The second-order valence-corrected chi connectivity index (χ2v) is 7.13. The smallest absolute Gasteiger partial charge is 0.269 e. The van der Waals surface area contributed by atoms with Gasteiger partial charge in [0.15, 0.2) is 0 Å². The molecule has 3 rings (SSSR count). The van der Waals surface area contributed by atoms with Gasteiger partial charge >= 0.3 is 0 Å². The molecule has 0 saturated carbocycles. The molecule has 8 nitrogen and oxygen atoms in total. The summed E-state index contributed by atoms with van der Waals surface area (Å²) in [6.45, 7) is 0.136. The highest BCUT2D eigenvalue weighted by molar-refractivity contribution is 7.99. The summed E-state index contributed by atoms with van der Waals surface area (Å²) in [6.07, 6.45) is 0. The molecule has 10 heteroatoms. The molecule has 144 valence electrons. The largest absolute Gasteiger partial charge is 0.346 e. The Labute approximate surface area is 169 Å². The molecule has 1 aromatic heterocycles. The van der Waals surface area contributed by atoms with E-state index in [1.54, 1.807) is 36.4 Å². The quantitative estimate of drug-likeness (QED) is 0.436. The van der Waals surface area contributed by atoms with Crippen LogP contribution in [0.3, 0.4) is 0 Å². The van der Waals surface area contributed by atoms with Gasteiger partial charge < -0.3 is 9.84 Å². The summed E-state index contributed by atoms with van der Waals surface area (Å²) in [5.74, 6) is 1.38. The van der Waals surface area contributed by atoms with Crippen LogP contribution >= 0.6 is 23.4 Å². The highest BCUT2D eigenvalue weighted by Gasteiger charge is 2.10. The number of aromatic nitrogens is 2. The van der Waals surface area contributed by atoms with E-state index in [0.29, 0.717) is 22.5 Å². The monoisotopic (exact) mass is 418 g/mol. The molecule has 0 aliphatic rings. The van der Waals surface area contributed by atoms with Gasteiger partial charge in [0.1, 0.15) is 0 Å². The number of amides is 1. The number of hydrogen-bond donors (Lipinski definition) is 1. The lowest BCUT2D eigenvalue weighted by atomic mass is 10.2. The summed E-state index contributed by atoms with van der Waals surface area (Å²) < 4.78 is 5.13. The first-order chi connectivity index (χ1) is 13.5. The Morgan fingerprint density at radius 3 is 2.57 bits per heavy atom. The zero-order valence-corrected chi connectivity index (χ0v) is 16.1. The molecule has 1 N–H and O–H groups in total. The van der Waals surface area contributed by atoms with Crippen LogP contribution in [0, 0.1) is 10.1 Å². The van der Waals surface area contributed by atoms with Gasteiger partial charge in [0.2, 0.25) is 17.6 Å². The van der Waals surface area contributed by atoms with Gasteiger partial charge in [-0.25, -0.2) is 0 Å². The Kier molecular flexibility index (Phi) is 6.62. The van der Waals surface area contributed by atoms with Crippen molar-refractivity contribution >= 4 is 35.0 Å². The fourth-order valence-electron chi connectivity index (χ4n) is 2.24. The number of nitro groups is 1. The first-order valence-corrected chi connectivity index (χ1v) is 9.71. The summed E-state index contributed by atoms with van der Waals surface area (Å²) in [7, 11) is 0. The van der Waals surface area contributed by atoms with Crippen LogP contribution in [-0.4, -0.2) is 26.7 Å². The predicted molar refractivity (Wildman–Crippen MR) is 106 cm³/mol. The SMILES string of the molecule is O=C(CSCc1ccc([N+](=O)[O-])cc1)NCc1nc(-c2ccc(Cl)cc2)no1. The lowest BCUT2D eigenvalue weighted by Gasteiger charge is -2.03. The molecule has 0 aliphatic heterocycles. The number of non-ortho nitro benzene ring substituents is 1. The zero-order valence-electron chi connectivity index (χ0n) is 14.5. The third kappa shape index (κ3) is 5.54. The van der Waals surface area contributed by atoms with Crippen molar-refractivity contribution in [2.24, 2.45) is 0 Å². The van der Waals surface area contributed by atoms with Gasteiger partial charge in [-0.05, 0) is 29.8 Å². The topological polar surface area (TPSA) is 111 Å². The fourth-order valence-corrected chi connectivity index (χ4v) is 3.19. The van der Waals surface area contributed by atoms with Crippen LogP contribution < -0.4 is 5.32 Å². The predicted octanol–water partition coefficient (Wildman–Crippen LogP) is 3.85. The molecule has 2 aromatic carbocycles. The highest BCUT2D eigenvalue weighted by atomic mass is 35.5. The molecule has 0 fully saturated rings. The minimum absolute atomic E-state index is 0.0454. The number of benzene rings is 2. The van der Waals surface area contributed by atoms with Crippen molar-refractivity contribution in [1.82, 2.24) is 15.5 Å². The fraction of sp³-hybridized carbons (Fsp3) is 0.167. The number of halogens is 1. The molecule has 28 heavy (non-hydrogen) atoms. The maximum absolute atomic E-state index is 11.9. The number of nitrogens with zero attached hydrogens (tertiary/aromatic N) is 3. The van der Waals surface area contributed by atoms with Crippen molar-refractivity contribution < 1.29 is 14.2 Å². The van der Waals surface area contributed by atoms with Gasteiger partial charge in [0, 0.05) is 28.5 Å². The molecule has 0 unspecified atom stereocenters. The van der Waals surface area contributed by atoms with E-state index in [1.165, 1.54) is 23.9 Å². The molecule has 0 saturated heterocycles. The van der Waals surface area contributed by atoms with E-state index in [9.17, 15) is 14.9 Å². The zero-order chi connectivity index (χ0) is 19.9. The van der Waals surface area contributed by atoms with E-state index in [4.69, 9.17) is 16.1 Å². The maximum atomic E-state index is 11.9. The molecule has 3 aromatic rings. The van der Waals surface area contributed by atoms with Gasteiger partial charge in [0.05, 0.1) is 17.2 Å². The van der Waals surface area contributed by atoms with Crippen LogP contribution in [0.1, 0.15) is 11.5 Å². The van der Waals surface area contributed by atoms with E-state index < -0.39 is 4.92 Å². The van der Waals surface area contributed by atoms with Gasteiger partial charge in [-0.15, -0.1) is 11.8 Å². The van der Waals surface area contributed by atoms with E-state index in [1.807, 2.05) is 0 Å². The number of rotatable bonds is 8. The van der Waals surface area contributed by atoms with Crippen molar-refractivity contribution in [2.75, 3.05) is 5.75 Å². The molecule has 0 radical (unpaired) electrons. The Bertz CT molecular complexity index is 960. The standard InChI is InChI=1S/C18H15ClN4O4S/c19-14-5-3-13(4-6-14)18-21-17(27-22-18)9-20-16(24)11-28-10-12-1-7-15(8-2-12)23(25)26/h1-8H,9-11H2,(H,20,24). The molecule has 0 spiro atoms. The number of nitrogens with one attached hydrogen (secondary N) is 1. The third-order valence-corrected chi connectivity index (χ3v) is 4.91. The molecule has 0 bridgehead atoms. The lowest BCUT2D eigenvalue weighted by Crippen LogP contribution is -2.24. The number of thioether (sulfide) groups is 1. The van der Waals surface area contributed by atoms with Gasteiger partial charge in [-0.2, -0.15) is 4.98 Å². The summed E-state index contributed by atoms with van der Waals surface area (Å²) in [5.41, 5.74) is 1.72. The minimum Gasteiger partial charge on any atom is -0.346 e. The van der Waals surface area contributed by atoms with E-state index in [2.05, 4.69) is 15.5 Å². The number of carbonyl (C=O) groups is 1. The van der Waals surface area contributed by atoms with Crippen molar-refractivity contribution in [3.63, 3.8) is 0 Å². The first kappa shape index (κ1) is 19.8. The van der Waals surface area contributed by atoms with Crippen LogP contribution in [0.25, 0.3) is 11.4 Å². The number of carbonyl (C=O) groups excluding carboxylic acids is 1. The van der Waals surface area contributed by atoms with Crippen LogP contribution in [-0.2, 0) is 17.1 Å². The normalized spacial score (nSPS) is 10.6. The summed E-state index contributed by atoms with van der Waals surface area (Å²) in [4.78, 5) is 26.4. The Hall–Kier alpha value is -2.91. The van der Waals surface area contributed by atoms with Gasteiger partial charge in [0.25, 0.3) is 5.69 Å². The molecular weight excluding hydrogens is 404 g/mol. The molecule has 1 amide bonds. The molecule has 0 aliphatic carbocycles. The van der Waals surface area contributed by atoms with E-state index in [0.717, 1.165) is 11.1 Å². The summed E-state index contributed by atoms with van der Waals surface area (Å²) >= 11 is 7.25. The molecular formula is C18H15ClN4O4S. The number of hydrogen-bond acceptors (Lipinski definition) is 7. The minimum atomic E-state index is -0.444. The highest BCUT2D eigenvalue weighted by Crippen LogP contribution is 2.19. The average molecular weight is 419 g/mol. The summed E-state index contributed by atoms with van der Waals surface area (Å²) in [6, 6.07) is 13.3. The Morgan fingerprint density at radius 2 is 1.89 bits per heavy atom. The lowest BCUT2D eigenvalue weighted by molar-refractivity contribution is -0.384. The Balaban J connectivity index is 1.42. The van der Waals surface area contributed by atoms with Crippen LogP contribution in [0.4, 0.5) is 5.69 Å². The second kappa shape index (κ2) is 9.34. The van der Waals surface area contributed by atoms with E-state index in [-0.39, 0.29) is 23.9 Å². The van der Waals surface area contributed by atoms with E-state index >= 15 is 0 Å². The molecule has 0 atom stereocenters. The van der Waals surface area contributed by atoms with Crippen LogP contribution in [0.2, 0.25) is 5.02 Å². The third-order valence-electron chi connectivity index (χ3n) is 3.66.